The van der Waals surface area contributed by atoms with Gasteiger partial charge in [-0.15, -0.1) is 11.3 Å². The molecule has 0 radical (unpaired) electrons. The van der Waals surface area contributed by atoms with Crippen LogP contribution in [0.5, 0.6) is 0 Å². The first kappa shape index (κ1) is 16.5. The summed E-state index contributed by atoms with van der Waals surface area (Å²) in [5.41, 5.74) is 1.40. The van der Waals surface area contributed by atoms with E-state index in [2.05, 4.69) is 10.3 Å². The molecule has 6 heteroatoms. The Kier molecular flexibility index (Phi) is 5.04. The van der Waals surface area contributed by atoms with E-state index in [0.717, 1.165) is 34.9 Å². The van der Waals surface area contributed by atoms with E-state index in [1.165, 1.54) is 0 Å². The maximum absolute atomic E-state index is 12.4. The molecule has 4 nitrogen and oxygen atoms in total. The molecule has 3 rings (SSSR count). The maximum Gasteiger partial charge on any atom is 0.253 e. The van der Waals surface area contributed by atoms with Crippen molar-refractivity contribution < 1.29 is 9.90 Å². The second kappa shape index (κ2) is 7.03. The average molecular weight is 348 g/mol. The first-order valence-corrected chi connectivity index (χ1v) is 9.71. The van der Waals surface area contributed by atoms with Gasteiger partial charge in [0.2, 0.25) is 0 Å². The number of carbonyl (C=O) groups is 1. The minimum absolute atomic E-state index is 0.167. The fraction of sp³-hybridized carbons (Fsp3) is 0.412. The number of thioether (sulfide) groups is 1. The molecule has 0 spiro atoms. The molecular formula is C17H20N2O2S2. The van der Waals surface area contributed by atoms with Crippen LogP contribution in [0.1, 0.15) is 28.9 Å². The van der Waals surface area contributed by atoms with Crippen LogP contribution in [0.2, 0.25) is 0 Å². The Labute approximate surface area is 144 Å². The van der Waals surface area contributed by atoms with E-state index in [1.54, 1.807) is 11.3 Å². The minimum Gasteiger partial charge on any atom is -0.388 e. The number of nitrogens with one attached hydrogen (secondary N) is 1. The van der Waals surface area contributed by atoms with E-state index < -0.39 is 5.60 Å². The third kappa shape index (κ3) is 3.94. The quantitative estimate of drug-likeness (QED) is 0.891. The zero-order chi connectivity index (χ0) is 16.3. The maximum atomic E-state index is 12.4. The lowest BCUT2D eigenvalue weighted by atomic mass is 9.96. The van der Waals surface area contributed by atoms with Gasteiger partial charge in [0.05, 0.1) is 27.4 Å². The summed E-state index contributed by atoms with van der Waals surface area (Å²) in [7, 11) is 0. The largest absolute Gasteiger partial charge is 0.388 e. The standard InChI is InChI=1S/C17H20N2O2S2/c1-12-13(4-5-14(19-12)15-3-2-8-23-15)16(20)18-11-17(21)6-9-22-10-7-17/h2-5,8,21H,6-7,9-11H2,1H3,(H,18,20). The van der Waals surface area contributed by atoms with Crippen LogP contribution in [-0.2, 0) is 0 Å². The molecule has 0 bridgehead atoms. The van der Waals surface area contributed by atoms with Crippen LogP contribution in [-0.4, -0.2) is 39.6 Å². The fourth-order valence-corrected chi connectivity index (χ4v) is 4.58. The van der Waals surface area contributed by atoms with Crippen molar-refractivity contribution in [1.82, 2.24) is 10.3 Å². The number of pyridine rings is 1. The van der Waals surface area contributed by atoms with Crippen LogP contribution in [0, 0.1) is 6.92 Å². The lowest BCUT2D eigenvalue weighted by Crippen LogP contribution is -2.45. The molecule has 0 atom stereocenters. The van der Waals surface area contributed by atoms with E-state index in [0.29, 0.717) is 17.8 Å². The van der Waals surface area contributed by atoms with Crippen molar-refractivity contribution in [2.24, 2.45) is 0 Å². The predicted molar refractivity (Wildman–Crippen MR) is 96.1 cm³/mol. The number of aliphatic hydroxyl groups is 1. The number of aromatic nitrogens is 1. The highest BCUT2D eigenvalue weighted by atomic mass is 32.2. The van der Waals surface area contributed by atoms with Crippen molar-refractivity contribution >= 4 is 29.0 Å². The minimum atomic E-state index is -0.765. The Morgan fingerprint density at radius 3 is 2.78 bits per heavy atom. The zero-order valence-electron chi connectivity index (χ0n) is 13.0. The highest BCUT2D eigenvalue weighted by molar-refractivity contribution is 7.99. The molecule has 3 heterocycles. The summed E-state index contributed by atoms with van der Waals surface area (Å²) in [4.78, 5) is 18.0. The molecule has 1 amide bonds. The summed E-state index contributed by atoms with van der Waals surface area (Å²) in [6.07, 6.45) is 1.46. The van der Waals surface area contributed by atoms with Gasteiger partial charge < -0.3 is 10.4 Å². The van der Waals surface area contributed by atoms with E-state index in [4.69, 9.17) is 0 Å². The number of carbonyl (C=O) groups excluding carboxylic acids is 1. The predicted octanol–water partition coefficient (Wildman–Crippen LogP) is 3.11. The molecule has 1 aliphatic rings. The van der Waals surface area contributed by atoms with Crippen molar-refractivity contribution in [3.63, 3.8) is 0 Å². The summed E-state index contributed by atoms with van der Waals surface area (Å²) in [5, 5.41) is 15.3. The van der Waals surface area contributed by atoms with Crippen molar-refractivity contribution in [3.8, 4) is 10.6 Å². The first-order valence-electron chi connectivity index (χ1n) is 7.67. The van der Waals surface area contributed by atoms with Crippen molar-refractivity contribution in [1.29, 1.82) is 0 Å². The lowest BCUT2D eigenvalue weighted by Gasteiger charge is -2.31. The molecule has 0 aliphatic carbocycles. The second-order valence-electron chi connectivity index (χ2n) is 5.83. The number of thiophene rings is 1. The number of nitrogens with zero attached hydrogens (tertiary/aromatic N) is 1. The molecule has 2 aromatic heterocycles. The Morgan fingerprint density at radius 2 is 2.13 bits per heavy atom. The number of aryl methyl sites for hydroxylation is 1. The second-order valence-corrected chi connectivity index (χ2v) is 8.00. The normalized spacial score (nSPS) is 17.0. The Bertz CT molecular complexity index is 680. The van der Waals surface area contributed by atoms with Crippen molar-refractivity contribution in [2.45, 2.75) is 25.4 Å². The zero-order valence-corrected chi connectivity index (χ0v) is 14.7. The monoisotopic (exact) mass is 348 g/mol. The molecule has 122 valence electrons. The van der Waals surface area contributed by atoms with Gasteiger partial charge in [-0.25, -0.2) is 0 Å². The molecule has 23 heavy (non-hydrogen) atoms. The van der Waals surface area contributed by atoms with Gasteiger partial charge in [0.15, 0.2) is 0 Å². The van der Waals surface area contributed by atoms with Crippen LogP contribution in [0.3, 0.4) is 0 Å². The molecular weight excluding hydrogens is 328 g/mol. The SMILES string of the molecule is Cc1nc(-c2cccs2)ccc1C(=O)NCC1(O)CCSCC1. The van der Waals surface area contributed by atoms with Crippen LogP contribution >= 0.6 is 23.1 Å². The van der Waals surface area contributed by atoms with Gasteiger partial charge in [0, 0.05) is 6.54 Å². The lowest BCUT2D eigenvalue weighted by molar-refractivity contribution is 0.0311. The van der Waals surface area contributed by atoms with Gasteiger partial charge in [-0.3, -0.25) is 9.78 Å². The van der Waals surface area contributed by atoms with Crippen molar-refractivity contribution in [2.75, 3.05) is 18.1 Å². The molecule has 1 aliphatic heterocycles. The molecule has 0 aromatic carbocycles. The molecule has 1 saturated heterocycles. The van der Waals surface area contributed by atoms with Gasteiger partial charge in [-0.05, 0) is 54.9 Å². The van der Waals surface area contributed by atoms with Gasteiger partial charge in [-0.2, -0.15) is 11.8 Å². The summed E-state index contributed by atoms with van der Waals surface area (Å²) in [6, 6.07) is 7.69. The van der Waals surface area contributed by atoms with Gasteiger partial charge in [0.25, 0.3) is 5.91 Å². The van der Waals surface area contributed by atoms with Crippen LogP contribution in [0.25, 0.3) is 10.6 Å². The van der Waals surface area contributed by atoms with Crippen LogP contribution < -0.4 is 5.32 Å². The molecule has 0 saturated carbocycles. The van der Waals surface area contributed by atoms with Crippen LogP contribution in [0.15, 0.2) is 29.6 Å². The Morgan fingerprint density at radius 1 is 1.35 bits per heavy atom. The Balaban J connectivity index is 1.67. The summed E-state index contributed by atoms with van der Waals surface area (Å²) < 4.78 is 0. The van der Waals surface area contributed by atoms with E-state index in [-0.39, 0.29) is 5.91 Å². The number of amides is 1. The van der Waals surface area contributed by atoms with E-state index >= 15 is 0 Å². The number of hydrogen-bond donors (Lipinski definition) is 2. The summed E-state index contributed by atoms with van der Waals surface area (Å²) in [5.74, 6) is 1.73. The summed E-state index contributed by atoms with van der Waals surface area (Å²) >= 11 is 3.48. The van der Waals surface area contributed by atoms with Crippen molar-refractivity contribution in [3.05, 3.63) is 40.9 Å². The molecule has 0 unspecified atom stereocenters. The van der Waals surface area contributed by atoms with Gasteiger partial charge in [0.1, 0.15) is 0 Å². The third-order valence-electron chi connectivity index (χ3n) is 4.11. The molecule has 1 fully saturated rings. The highest BCUT2D eigenvalue weighted by Gasteiger charge is 2.30. The van der Waals surface area contributed by atoms with E-state index in [1.807, 2.05) is 48.3 Å². The topological polar surface area (TPSA) is 62.2 Å². The average Bonchev–Trinajstić information content (AvgIpc) is 3.08. The molecule has 2 N–H and O–H groups in total. The van der Waals surface area contributed by atoms with Gasteiger partial charge >= 0.3 is 0 Å². The van der Waals surface area contributed by atoms with E-state index in [9.17, 15) is 9.90 Å². The number of rotatable bonds is 4. The smallest absolute Gasteiger partial charge is 0.253 e. The molecule has 2 aromatic rings. The fourth-order valence-electron chi connectivity index (χ4n) is 2.63. The first-order chi connectivity index (χ1) is 11.1. The van der Waals surface area contributed by atoms with Gasteiger partial charge in [-0.1, -0.05) is 6.07 Å². The Hall–Kier alpha value is -1.37. The highest BCUT2D eigenvalue weighted by Crippen LogP contribution is 2.27. The summed E-state index contributed by atoms with van der Waals surface area (Å²) in [6.45, 7) is 2.15. The third-order valence-corrected chi connectivity index (χ3v) is 5.98. The van der Waals surface area contributed by atoms with Crippen LogP contribution in [0.4, 0.5) is 0 Å². The number of hydrogen-bond acceptors (Lipinski definition) is 5.